The standard InChI is InChI=1S/C21H19Cl2F3N2O/c1-2-19(29)27-11-13-3-5-14(6-4-13)18-10-20(12-28-18,21(24,25)26)15-7-16(22)9-17(23)8-15/h3-9H,2,10-12H2,1H3,(H,27,29). The molecule has 0 aromatic heterocycles. The van der Waals surface area contributed by atoms with Crippen molar-refractivity contribution < 1.29 is 18.0 Å². The van der Waals surface area contributed by atoms with Crippen molar-refractivity contribution in [3.05, 3.63) is 69.2 Å². The summed E-state index contributed by atoms with van der Waals surface area (Å²) in [4.78, 5) is 15.6. The number of hydrogen-bond acceptors (Lipinski definition) is 2. The van der Waals surface area contributed by atoms with Crippen LogP contribution in [0.25, 0.3) is 0 Å². The smallest absolute Gasteiger partial charge is 0.352 e. The fourth-order valence-electron chi connectivity index (χ4n) is 3.34. The van der Waals surface area contributed by atoms with Gasteiger partial charge < -0.3 is 5.32 Å². The minimum Gasteiger partial charge on any atom is -0.352 e. The third-order valence-electron chi connectivity index (χ3n) is 5.06. The third-order valence-corrected chi connectivity index (χ3v) is 5.50. The molecule has 1 unspecified atom stereocenters. The molecule has 3 nitrogen and oxygen atoms in total. The van der Waals surface area contributed by atoms with Crippen molar-refractivity contribution in [2.24, 2.45) is 4.99 Å². The van der Waals surface area contributed by atoms with Crippen LogP contribution in [0.1, 0.15) is 36.5 Å². The van der Waals surface area contributed by atoms with Crippen molar-refractivity contribution >= 4 is 34.8 Å². The quantitative estimate of drug-likeness (QED) is 0.632. The van der Waals surface area contributed by atoms with E-state index in [-0.39, 0.29) is 27.9 Å². The van der Waals surface area contributed by atoms with Gasteiger partial charge in [0.15, 0.2) is 0 Å². The fourth-order valence-corrected chi connectivity index (χ4v) is 3.87. The summed E-state index contributed by atoms with van der Waals surface area (Å²) in [5.74, 6) is -0.0654. The number of nitrogens with zero attached hydrogens (tertiary/aromatic N) is 1. The maximum atomic E-state index is 14.1. The zero-order valence-electron chi connectivity index (χ0n) is 15.6. The Labute approximate surface area is 176 Å². The zero-order valence-corrected chi connectivity index (χ0v) is 17.1. The van der Waals surface area contributed by atoms with E-state index >= 15 is 0 Å². The Bertz CT molecular complexity index is 922. The lowest BCUT2D eigenvalue weighted by Gasteiger charge is -2.31. The first-order valence-corrected chi connectivity index (χ1v) is 9.83. The summed E-state index contributed by atoms with van der Waals surface area (Å²) in [7, 11) is 0. The first-order valence-electron chi connectivity index (χ1n) is 9.07. The molecule has 0 saturated carbocycles. The van der Waals surface area contributed by atoms with Gasteiger partial charge in [0.2, 0.25) is 5.91 Å². The molecule has 1 heterocycles. The predicted octanol–water partition coefficient (Wildman–Crippen LogP) is 5.71. The molecule has 2 aromatic carbocycles. The van der Waals surface area contributed by atoms with Crippen LogP contribution in [0.15, 0.2) is 47.5 Å². The van der Waals surface area contributed by atoms with E-state index < -0.39 is 18.1 Å². The van der Waals surface area contributed by atoms with Gasteiger partial charge in [-0.3, -0.25) is 9.79 Å². The van der Waals surface area contributed by atoms with E-state index in [2.05, 4.69) is 10.3 Å². The van der Waals surface area contributed by atoms with Gasteiger partial charge in [0.25, 0.3) is 0 Å². The second-order valence-electron chi connectivity index (χ2n) is 7.00. The number of carbonyl (C=O) groups excluding carboxylic acids is 1. The van der Waals surface area contributed by atoms with Gasteiger partial charge in [-0.1, -0.05) is 54.4 Å². The van der Waals surface area contributed by atoms with Crippen LogP contribution in [-0.2, 0) is 16.8 Å². The van der Waals surface area contributed by atoms with Gasteiger partial charge in [-0.2, -0.15) is 13.2 Å². The number of amides is 1. The lowest BCUT2D eigenvalue weighted by molar-refractivity contribution is -0.183. The van der Waals surface area contributed by atoms with Crippen LogP contribution in [0.4, 0.5) is 13.2 Å². The lowest BCUT2D eigenvalue weighted by Crippen LogP contribution is -2.43. The lowest BCUT2D eigenvalue weighted by atomic mass is 9.76. The molecule has 1 aliphatic rings. The number of aliphatic imine (C=N–C) groups is 1. The number of nitrogens with one attached hydrogen (secondary N) is 1. The first kappa shape index (κ1) is 21.7. The van der Waals surface area contributed by atoms with E-state index in [4.69, 9.17) is 23.2 Å². The van der Waals surface area contributed by atoms with Crippen LogP contribution in [-0.4, -0.2) is 24.3 Å². The monoisotopic (exact) mass is 442 g/mol. The molecule has 1 N–H and O–H groups in total. The van der Waals surface area contributed by atoms with Gasteiger partial charge in [0.1, 0.15) is 5.41 Å². The maximum Gasteiger partial charge on any atom is 0.400 e. The highest BCUT2D eigenvalue weighted by molar-refractivity contribution is 6.34. The summed E-state index contributed by atoms with van der Waals surface area (Å²) in [5, 5.41) is 3.07. The van der Waals surface area contributed by atoms with Gasteiger partial charge in [-0.05, 0) is 34.9 Å². The van der Waals surface area contributed by atoms with Crippen LogP contribution < -0.4 is 5.32 Å². The van der Waals surface area contributed by atoms with Gasteiger partial charge in [-0.15, -0.1) is 0 Å². The molecule has 8 heteroatoms. The van der Waals surface area contributed by atoms with E-state index in [1.165, 1.54) is 18.2 Å². The number of alkyl halides is 3. The summed E-state index contributed by atoms with van der Waals surface area (Å²) < 4.78 is 42.4. The Morgan fingerprint density at radius 1 is 1.14 bits per heavy atom. The second-order valence-corrected chi connectivity index (χ2v) is 7.88. The van der Waals surface area contributed by atoms with E-state index in [9.17, 15) is 18.0 Å². The van der Waals surface area contributed by atoms with Gasteiger partial charge in [-0.25, -0.2) is 0 Å². The number of halogens is 5. The van der Waals surface area contributed by atoms with Crippen LogP contribution in [0.5, 0.6) is 0 Å². The third kappa shape index (κ3) is 4.59. The van der Waals surface area contributed by atoms with Crippen molar-refractivity contribution in [3.8, 4) is 0 Å². The van der Waals surface area contributed by atoms with Crippen molar-refractivity contribution in [1.82, 2.24) is 5.32 Å². The highest BCUT2D eigenvalue weighted by Gasteiger charge is 2.58. The molecule has 0 fully saturated rings. The topological polar surface area (TPSA) is 41.5 Å². The van der Waals surface area contributed by atoms with Crippen LogP contribution in [0.3, 0.4) is 0 Å². The summed E-state index contributed by atoms with van der Waals surface area (Å²) in [6.07, 6.45) is -4.42. The minimum atomic E-state index is -4.52. The average molecular weight is 443 g/mol. The predicted molar refractivity (Wildman–Crippen MR) is 109 cm³/mol. The van der Waals surface area contributed by atoms with E-state index in [1.54, 1.807) is 31.2 Å². The minimum absolute atomic E-state index is 0.0140. The van der Waals surface area contributed by atoms with E-state index in [1.807, 2.05) is 0 Å². The molecule has 0 bridgehead atoms. The molecule has 0 radical (unpaired) electrons. The average Bonchev–Trinajstić information content (AvgIpc) is 3.12. The van der Waals surface area contributed by atoms with Crippen LogP contribution >= 0.6 is 23.2 Å². The Balaban J connectivity index is 1.84. The second kappa shape index (κ2) is 8.36. The molecular weight excluding hydrogens is 424 g/mol. The molecule has 3 rings (SSSR count). The van der Waals surface area contributed by atoms with Gasteiger partial charge >= 0.3 is 6.18 Å². The number of rotatable bonds is 5. The SMILES string of the molecule is CCC(=O)NCc1ccc(C2=NCC(c3cc(Cl)cc(Cl)c3)(C(F)(F)F)C2)cc1. The van der Waals surface area contributed by atoms with Crippen LogP contribution in [0, 0.1) is 0 Å². The van der Waals surface area contributed by atoms with Gasteiger partial charge in [0, 0.05) is 35.1 Å². The Morgan fingerprint density at radius 3 is 2.31 bits per heavy atom. The Morgan fingerprint density at radius 2 is 1.76 bits per heavy atom. The Hall–Kier alpha value is -2.05. The highest BCUT2D eigenvalue weighted by Crippen LogP contribution is 2.48. The molecular formula is C21H19Cl2F3N2O. The van der Waals surface area contributed by atoms with E-state index in [0.29, 0.717) is 24.2 Å². The molecule has 1 aliphatic heterocycles. The summed E-state index contributed by atoms with van der Waals surface area (Å²) >= 11 is 11.9. The molecule has 1 atom stereocenters. The molecule has 0 spiro atoms. The zero-order chi connectivity index (χ0) is 21.2. The normalized spacial score (nSPS) is 19.2. The molecule has 2 aromatic rings. The molecule has 29 heavy (non-hydrogen) atoms. The largest absolute Gasteiger partial charge is 0.400 e. The summed E-state index contributed by atoms with van der Waals surface area (Å²) in [5.41, 5.74) is -0.291. The van der Waals surface area contributed by atoms with Crippen molar-refractivity contribution in [2.75, 3.05) is 6.54 Å². The number of hydrogen-bond donors (Lipinski definition) is 1. The molecule has 0 saturated heterocycles. The molecule has 1 amide bonds. The molecule has 0 aliphatic carbocycles. The number of carbonyl (C=O) groups is 1. The molecule has 154 valence electrons. The van der Waals surface area contributed by atoms with Crippen molar-refractivity contribution in [2.45, 2.75) is 37.9 Å². The number of benzene rings is 2. The summed E-state index contributed by atoms with van der Waals surface area (Å²) in [6, 6.07) is 11.0. The summed E-state index contributed by atoms with van der Waals surface area (Å²) in [6.45, 7) is 1.71. The van der Waals surface area contributed by atoms with Crippen molar-refractivity contribution in [3.63, 3.8) is 0 Å². The first-order chi connectivity index (χ1) is 13.6. The highest BCUT2D eigenvalue weighted by atomic mass is 35.5. The maximum absolute atomic E-state index is 14.1. The van der Waals surface area contributed by atoms with Gasteiger partial charge in [0.05, 0.1) is 6.54 Å². The van der Waals surface area contributed by atoms with E-state index in [0.717, 1.165) is 5.56 Å². The Kier molecular flexibility index (Phi) is 6.24. The van der Waals surface area contributed by atoms with Crippen molar-refractivity contribution in [1.29, 1.82) is 0 Å². The van der Waals surface area contributed by atoms with Crippen LogP contribution in [0.2, 0.25) is 10.0 Å². The fraction of sp³-hybridized carbons (Fsp3) is 0.333.